The summed E-state index contributed by atoms with van der Waals surface area (Å²) in [6, 6.07) is -0.939. The Morgan fingerprint density at radius 1 is 1.75 bits per heavy atom. The molecule has 6 N–H and O–H groups in total. The first-order valence-corrected chi connectivity index (χ1v) is 4.74. The molecule has 1 saturated carbocycles. The monoisotopic (exact) mass is 226 g/mol. The molecule has 88 valence electrons. The number of aromatic amines is 1. The normalized spacial score (nSPS) is 19.6. The van der Waals surface area contributed by atoms with Gasteiger partial charge in [-0.2, -0.15) is 0 Å². The standard InChI is InChI=1S/C6H9N3O2.C3H5NO/c7-5(6(10)11)1-4-2-8-3-9-4;4-2-1-3(2)5/h2-3,5H,1,7H2,(H,8,9)(H,10,11);2H,1,4H2/t5-;/m0./s1. The van der Waals surface area contributed by atoms with E-state index >= 15 is 0 Å². The molecule has 0 aromatic carbocycles. The lowest BCUT2D eigenvalue weighted by Crippen LogP contribution is -2.32. The van der Waals surface area contributed by atoms with Crippen molar-refractivity contribution in [1.82, 2.24) is 9.97 Å². The lowest BCUT2D eigenvalue weighted by Gasteiger charge is -2.02. The van der Waals surface area contributed by atoms with E-state index in [4.69, 9.17) is 16.6 Å². The summed E-state index contributed by atoms with van der Waals surface area (Å²) in [6.45, 7) is 0. The minimum absolute atomic E-state index is 0.0880. The first-order valence-electron chi connectivity index (χ1n) is 4.74. The number of carboxylic acid groups (broad SMARTS) is 1. The number of rotatable bonds is 3. The molecule has 16 heavy (non-hydrogen) atoms. The number of carbonyl (C=O) groups is 2. The molecule has 1 aliphatic rings. The van der Waals surface area contributed by atoms with Gasteiger partial charge in [0.25, 0.3) is 0 Å². The second-order valence-electron chi connectivity index (χ2n) is 3.50. The second kappa shape index (κ2) is 5.38. The van der Waals surface area contributed by atoms with Gasteiger partial charge in [-0.3, -0.25) is 9.59 Å². The summed E-state index contributed by atoms with van der Waals surface area (Å²) < 4.78 is 0. The minimum Gasteiger partial charge on any atom is -0.480 e. The van der Waals surface area contributed by atoms with Crippen LogP contribution in [0.4, 0.5) is 0 Å². The van der Waals surface area contributed by atoms with E-state index in [-0.39, 0.29) is 18.2 Å². The van der Waals surface area contributed by atoms with Gasteiger partial charge in [-0.25, -0.2) is 4.98 Å². The van der Waals surface area contributed by atoms with Gasteiger partial charge in [-0.1, -0.05) is 0 Å². The molecule has 1 fully saturated rings. The number of carbonyl (C=O) groups excluding carboxylic acids is 1. The largest absolute Gasteiger partial charge is 0.480 e. The van der Waals surface area contributed by atoms with E-state index in [0.29, 0.717) is 6.42 Å². The third kappa shape index (κ3) is 4.20. The van der Waals surface area contributed by atoms with Gasteiger partial charge in [0.2, 0.25) is 0 Å². The molecule has 1 aliphatic carbocycles. The average Bonchev–Trinajstić information content (AvgIpc) is 2.71. The molecule has 1 heterocycles. The van der Waals surface area contributed by atoms with Gasteiger partial charge in [0.15, 0.2) is 5.78 Å². The van der Waals surface area contributed by atoms with Crippen molar-refractivity contribution in [2.24, 2.45) is 11.5 Å². The number of ketones is 1. The third-order valence-electron chi connectivity index (χ3n) is 1.99. The predicted octanol–water partition coefficient (Wildman–Crippen LogP) is -1.35. The Morgan fingerprint density at radius 3 is 2.62 bits per heavy atom. The maximum atomic E-state index is 10.3. The highest BCUT2D eigenvalue weighted by atomic mass is 16.4. The van der Waals surface area contributed by atoms with Gasteiger partial charge in [-0.05, 0) is 0 Å². The van der Waals surface area contributed by atoms with Crippen molar-refractivity contribution < 1.29 is 14.7 Å². The minimum atomic E-state index is -1.00. The van der Waals surface area contributed by atoms with Gasteiger partial charge in [0.1, 0.15) is 6.04 Å². The van der Waals surface area contributed by atoms with Crippen LogP contribution in [0.2, 0.25) is 0 Å². The van der Waals surface area contributed by atoms with Crippen LogP contribution < -0.4 is 11.5 Å². The van der Waals surface area contributed by atoms with Gasteiger partial charge in [0.05, 0.1) is 12.4 Å². The first-order chi connectivity index (χ1) is 7.50. The SMILES string of the molecule is NC1CC1=O.N[C@@H](Cc1cnc[nH]1)C(=O)O. The van der Waals surface area contributed by atoms with Crippen molar-refractivity contribution >= 4 is 11.8 Å². The molecule has 1 unspecified atom stereocenters. The Hall–Kier alpha value is -1.73. The van der Waals surface area contributed by atoms with E-state index in [1.165, 1.54) is 6.33 Å². The Kier molecular flexibility index (Phi) is 4.15. The predicted molar refractivity (Wildman–Crippen MR) is 55.5 cm³/mol. The number of aromatic nitrogens is 2. The molecular formula is C9H14N4O3. The molecule has 0 aliphatic heterocycles. The van der Waals surface area contributed by atoms with Gasteiger partial charge >= 0.3 is 5.97 Å². The van der Waals surface area contributed by atoms with E-state index in [9.17, 15) is 9.59 Å². The Labute approximate surface area is 91.8 Å². The topological polar surface area (TPSA) is 135 Å². The van der Waals surface area contributed by atoms with Gasteiger partial charge in [-0.15, -0.1) is 0 Å². The van der Waals surface area contributed by atoms with E-state index < -0.39 is 12.0 Å². The van der Waals surface area contributed by atoms with Crippen molar-refractivity contribution in [2.75, 3.05) is 0 Å². The average molecular weight is 226 g/mol. The summed E-state index contributed by atoms with van der Waals surface area (Å²) in [6.07, 6.45) is 3.95. The highest BCUT2D eigenvalue weighted by Gasteiger charge is 2.29. The molecule has 0 radical (unpaired) electrons. The van der Waals surface area contributed by atoms with Crippen LogP contribution in [0, 0.1) is 0 Å². The van der Waals surface area contributed by atoms with Crippen LogP contribution in [-0.4, -0.2) is 38.9 Å². The number of nitrogens with two attached hydrogens (primary N) is 2. The molecule has 1 aromatic heterocycles. The summed E-state index contributed by atoms with van der Waals surface area (Å²) in [5.74, 6) is -0.801. The van der Waals surface area contributed by atoms with Crippen molar-refractivity contribution in [3.8, 4) is 0 Å². The van der Waals surface area contributed by atoms with Crippen LogP contribution in [0.5, 0.6) is 0 Å². The lowest BCUT2D eigenvalue weighted by atomic mass is 10.2. The van der Waals surface area contributed by atoms with Crippen LogP contribution in [0.3, 0.4) is 0 Å². The lowest BCUT2D eigenvalue weighted by molar-refractivity contribution is -0.138. The highest BCUT2D eigenvalue weighted by Crippen LogP contribution is 2.07. The van der Waals surface area contributed by atoms with Gasteiger partial charge in [0, 0.05) is 24.7 Å². The molecule has 0 bridgehead atoms. The quantitative estimate of drug-likeness (QED) is 0.503. The third-order valence-corrected chi connectivity index (χ3v) is 1.99. The zero-order chi connectivity index (χ0) is 12.1. The van der Waals surface area contributed by atoms with E-state index in [1.807, 2.05) is 0 Å². The Balaban J connectivity index is 0.000000212. The van der Waals surface area contributed by atoms with Crippen LogP contribution in [-0.2, 0) is 16.0 Å². The molecule has 2 atom stereocenters. The zero-order valence-electron chi connectivity index (χ0n) is 8.59. The number of carboxylic acids is 1. The van der Waals surface area contributed by atoms with Crippen LogP contribution in [0.1, 0.15) is 12.1 Å². The number of H-pyrrole nitrogens is 1. The van der Waals surface area contributed by atoms with Crippen molar-refractivity contribution in [3.63, 3.8) is 0 Å². The number of nitrogens with zero attached hydrogens (tertiary/aromatic N) is 1. The molecule has 7 heteroatoms. The number of hydrogen-bond acceptors (Lipinski definition) is 5. The Morgan fingerprint density at radius 2 is 2.31 bits per heavy atom. The maximum absolute atomic E-state index is 10.3. The summed E-state index contributed by atoms with van der Waals surface area (Å²) >= 11 is 0. The van der Waals surface area contributed by atoms with E-state index in [2.05, 4.69) is 9.97 Å². The number of aliphatic carboxylic acids is 1. The van der Waals surface area contributed by atoms with E-state index in [0.717, 1.165) is 5.69 Å². The van der Waals surface area contributed by atoms with Crippen molar-refractivity contribution in [2.45, 2.75) is 24.9 Å². The summed E-state index contributed by atoms with van der Waals surface area (Å²) in [5, 5.41) is 8.42. The highest BCUT2D eigenvalue weighted by molar-refractivity contribution is 5.99. The molecular weight excluding hydrogens is 212 g/mol. The van der Waals surface area contributed by atoms with Crippen LogP contribution >= 0.6 is 0 Å². The van der Waals surface area contributed by atoms with Crippen molar-refractivity contribution in [1.29, 1.82) is 0 Å². The molecule has 7 nitrogen and oxygen atoms in total. The van der Waals surface area contributed by atoms with Gasteiger partial charge < -0.3 is 21.6 Å². The molecule has 1 aromatic rings. The fraction of sp³-hybridized carbons (Fsp3) is 0.444. The zero-order valence-corrected chi connectivity index (χ0v) is 8.59. The molecule has 0 spiro atoms. The van der Waals surface area contributed by atoms with Crippen LogP contribution in [0.15, 0.2) is 12.5 Å². The molecule has 0 amide bonds. The fourth-order valence-electron chi connectivity index (χ4n) is 0.878. The summed E-state index contributed by atoms with van der Waals surface area (Å²) in [7, 11) is 0. The molecule has 2 rings (SSSR count). The number of nitrogens with one attached hydrogen (secondary N) is 1. The summed E-state index contributed by atoms with van der Waals surface area (Å²) in [4.78, 5) is 26.5. The number of hydrogen-bond donors (Lipinski definition) is 4. The summed E-state index contributed by atoms with van der Waals surface area (Å²) in [5.41, 5.74) is 11.0. The first kappa shape index (κ1) is 12.3. The number of imidazole rings is 1. The van der Waals surface area contributed by atoms with E-state index in [1.54, 1.807) is 6.20 Å². The molecule has 0 saturated heterocycles. The Bertz CT molecular complexity index is 363. The second-order valence-corrected chi connectivity index (χ2v) is 3.50. The number of Topliss-reactive ketones (excluding diaryl/α,β-unsaturated/α-hetero) is 1. The fourth-order valence-corrected chi connectivity index (χ4v) is 0.878. The van der Waals surface area contributed by atoms with Crippen LogP contribution in [0.25, 0.3) is 0 Å². The smallest absolute Gasteiger partial charge is 0.320 e. The maximum Gasteiger partial charge on any atom is 0.320 e. The van der Waals surface area contributed by atoms with Crippen molar-refractivity contribution in [3.05, 3.63) is 18.2 Å².